The van der Waals surface area contributed by atoms with Crippen LogP contribution in [0.5, 0.6) is 5.75 Å². The van der Waals surface area contributed by atoms with Crippen molar-refractivity contribution < 1.29 is 43.7 Å². The lowest BCUT2D eigenvalue weighted by atomic mass is 9.85. The van der Waals surface area contributed by atoms with Crippen molar-refractivity contribution in [1.29, 1.82) is 0 Å². The first-order valence-corrected chi connectivity index (χ1v) is 19.7. The van der Waals surface area contributed by atoms with Crippen molar-refractivity contribution in [3.05, 3.63) is 77.9 Å². The van der Waals surface area contributed by atoms with E-state index in [1.165, 1.54) is 35.0 Å². The lowest BCUT2D eigenvalue weighted by Crippen LogP contribution is -2.62. The fourth-order valence-electron chi connectivity index (χ4n) is 6.57. The molecule has 1 unspecified atom stereocenters. The van der Waals surface area contributed by atoms with Crippen molar-refractivity contribution in [1.82, 2.24) is 26.0 Å². The summed E-state index contributed by atoms with van der Waals surface area (Å²) in [6.07, 6.45) is 11.8. The number of cyclic esters (lactones) is 1. The Morgan fingerprint density at radius 2 is 1.74 bits per heavy atom. The molecule has 7 atom stereocenters. The molecule has 1 fully saturated rings. The maximum absolute atomic E-state index is 14.3. The summed E-state index contributed by atoms with van der Waals surface area (Å²) in [5.41, 5.74) is 4.25. The molecule has 5 N–H and O–H groups in total. The van der Waals surface area contributed by atoms with E-state index in [0.717, 1.165) is 0 Å². The van der Waals surface area contributed by atoms with Gasteiger partial charge in [-0.1, -0.05) is 69.4 Å². The third kappa shape index (κ3) is 14.7. The van der Waals surface area contributed by atoms with Crippen molar-refractivity contribution >= 4 is 35.4 Å². The van der Waals surface area contributed by atoms with Gasteiger partial charge >= 0.3 is 5.97 Å². The van der Waals surface area contributed by atoms with Crippen LogP contribution in [-0.2, 0) is 39.9 Å². The van der Waals surface area contributed by atoms with E-state index in [1.807, 2.05) is 12.2 Å². The number of ketones is 1. The van der Waals surface area contributed by atoms with Gasteiger partial charge in [0.1, 0.15) is 35.8 Å². The number of likely N-dealkylation sites (N-methyl/N-ethyl adjacent to an activating group) is 1. The predicted octanol–water partition coefficient (Wildman–Crippen LogP) is 3.45. The molecule has 14 heteroatoms. The first-order valence-electron chi connectivity index (χ1n) is 19.7. The highest BCUT2D eigenvalue weighted by Gasteiger charge is 2.37. The molecule has 0 aliphatic carbocycles. The van der Waals surface area contributed by atoms with Gasteiger partial charge in [0.05, 0.1) is 12.0 Å². The van der Waals surface area contributed by atoms with E-state index in [4.69, 9.17) is 4.74 Å². The number of fused-ring (bicyclic) bond motifs is 2. The summed E-state index contributed by atoms with van der Waals surface area (Å²) in [7, 11) is 3.28. The molecule has 2 aliphatic heterocycles. The Kier molecular flexibility index (Phi) is 18.4. The Labute approximate surface area is 336 Å². The topological polar surface area (TPSA) is 195 Å². The van der Waals surface area contributed by atoms with Gasteiger partial charge in [-0.15, -0.1) is 0 Å². The second-order valence-electron chi connectivity index (χ2n) is 15.6. The van der Waals surface area contributed by atoms with Gasteiger partial charge in [0.25, 0.3) is 5.91 Å². The van der Waals surface area contributed by atoms with Gasteiger partial charge in [-0.3, -0.25) is 29.0 Å². The maximum Gasteiger partial charge on any atom is 0.325 e. The van der Waals surface area contributed by atoms with E-state index >= 15 is 0 Å². The Bertz CT molecular complexity index is 1700. The molecule has 0 saturated carbocycles. The van der Waals surface area contributed by atoms with Crippen molar-refractivity contribution in [2.24, 2.45) is 17.8 Å². The molecule has 14 nitrogen and oxygen atoms in total. The third-order valence-electron chi connectivity index (χ3n) is 10.1. The molecule has 312 valence electrons. The number of ether oxygens (including phenoxy) is 1. The first-order chi connectivity index (χ1) is 27.0. The van der Waals surface area contributed by atoms with Gasteiger partial charge in [0, 0.05) is 46.0 Å². The Hall–Kier alpha value is -5.08. The highest BCUT2D eigenvalue weighted by atomic mass is 16.5. The number of aliphatic hydroxyl groups is 1. The number of hydrogen-bond acceptors (Lipinski definition) is 10. The van der Waals surface area contributed by atoms with E-state index < -0.39 is 71.8 Å². The molecule has 1 aromatic carbocycles. The summed E-state index contributed by atoms with van der Waals surface area (Å²) in [4.78, 5) is 81.4. The van der Waals surface area contributed by atoms with Gasteiger partial charge in [0.15, 0.2) is 0 Å². The normalized spacial score (nSPS) is 26.3. The second kappa shape index (κ2) is 22.6. The number of esters is 1. The first kappa shape index (κ1) is 46.3. The van der Waals surface area contributed by atoms with E-state index in [9.17, 15) is 39.0 Å². The Morgan fingerprint density at radius 3 is 2.39 bits per heavy atom. The maximum atomic E-state index is 14.3. The van der Waals surface area contributed by atoms with E-state index in [0.29, 0.717) is 36.8 Å². The number of nitrogens with one attached hydrogen (secondary N) is 3. The zero-order valence-corrected chi connectivity index (χ0v) is 34.3. The van der Waals surface area contributed by atoms with Crippen LogP contribution in [0.25, 0.3) is 0 Å². The SMILES string of the molecule is CC(=O)CC[C@H]1C(=O)N[C@@H](C(C)C)C(=O)N[C@@H](Cc2cccc(O)c2)C(=O)N2CCCC(N2)C(=O)O[C@H](C(C)=CC=CC(=O)N(C)C)CC=CC=CC[C@H](C)[C@H]1O. The number of hydrogen-bond donors (Lipinski definition) is 5. The van der Waals surface area contributed by atoms with Gasteiger partial charge in [0.2, 0.25) is 17.7 Å². The molecular formula is C43H61N5O9. The molecule has 1 saturated heterocycles. The molecular weight excluding hydrogens is 730 g/mol. The molecule has 3 rings (SSSR count). The lowest BCUT2D eigenvalue weighted by molar-refractivity contribution is -0.156. The number of allylic oxidation sites excluding steroid dienone is 5. The number of aromatic hydroxyl groups is 1. The Balaban J connectivity index is 2.05. The number of carbonyl (C=O) groups is 6. The third-order valence-corrected chi connectivity index (χ3v) is 10.1. The number of aliphatic hydroxyl groups excluding tert-OH is 1. The van der Waals surface area contributed by atoms with Crippen molar-refractivity contribution in [2.75, 3.05) is 20.6 Å². The molecule has 2 aliphatic rings. The van der Waals surface area contributed by atoms with E-state index in [1.54, 1.807) is 78.2 Å². The number of carbonyl (C=O) groups excluding carboxylic acids is 6. The molecule has 0 spiro atoms. The number of benzene rings is 1. The van der Waals surface area contributed by atoms with Crippen LogP contribution in [-0.4, -0.2) is 106 Å². The second-order valence-corrected chi connectivity index (χ2v) is 15.6. The van der Waals surface area contributed by atoms with Gasteiger partial charge < -0.3 is 35.3 Å². The molecule has 2 bridgehead atoms. The average molecular weight is 792 g/mol. The quantitative estimate of drug-likeness (QED) is 0.141. The molecule has 0 radical (unpaired) electrons. The smallest absolute Gasteiger partial charge is 0.325 e. The van der Waals surface area contributed by atoms with Crippen LogP contribution in [0.2, 0.25) is 0 Å². The van der Waals surface area contributed by atoms with Crippen molar-refractivity contribution in [3.63, 3.8) is 0 Å². The van der Waals surface area contributed by atoms with Crippen molar-refractivity contribution in [3.8, 4) is 5.75 Å². The van der Waals surface area contributed by atoms with Gasteiger partial charge in [-0.25, -0.2) is 5.43 Å². The molecule has 0 aromatic heterocycles. The van der Waals surface area contributed by atoms with Crippen LogP contribution in [0, 0.1) is 17.8 Å². The minimum Gasteiger partial charge on any atom is -0.508 e. The number of rotatable bonds is 9. The monoisotopic (exact) mass is 791 g/mol. The fourth-order valence-corrected chi connectivity index (χ4v) is 6.57. The molecule has 4 amide bonds. The molecule has 2 heterocycles. The van der Waals surface area contributed by atoms with Crippen molar-refractivity contribution in [2.45, 2.75) is 110 Å². The minimum absolute atomic E-state index is 0.0156. The number of phenols is 1. The number of amides is 4. The van der Waals surface area contributed by atoms with Gasteiger partial charge in [-0.05, 0) is 74.6 Å². The molecule has 1 aromatic rings. The van der Waals surface area contributed by atoms with Crippen LogP contribution in [0.4, 0.5) is 0 Å². The summed E-state index contributed by atoms with van der Waals surface area (Å²) >= 11 is 0. The van der Waals surface area contributed by atoms with Crippen LogP contribution in [0.15, 0.2) is 72.4 Å². The predicted molar refractivity (Wildman–Crippen MR) is 216 cm³/mol. The zero-order valence-electron chi connectivity index (χ0n) is 34.3. The fraction of sp³-hybridized carbons (Fsp3) is 0.535. The van der Waals surface area contributed by atoms with Crippen LogP contribution in [0.1, 0.15) is 78.7 Å². The molecule has 57 heavy (non-hydrogen) atoms. The highest BCUT2D eigenvalue weighted by Crippen LogP contribution is 2.24. The van der Waals surface area contributed by atoms with E-state index in [2.05, 4.69) is 16.1 Å². The summed E-state index contributed by atoms with van der Waals surface area (Å²) in [5, 5.41) is 28.5. The standard InChI is InChI=1S/C43H61N5O9/c1-27(2)38-41(54)44-35(26-31-17-13-18-32(50)25-31)42(55)48-24-14-19-34(46-48)43(56)57-36(28(3)16-12-21-37(51)47(6)7)20-11-9-8-10-15-29(4)39(52)33(40(53)45-38)23-22-30(5)49/h8-13,16-18,21,25,27,29,33-36,38-39,46,50,52H,14-15,19-20,22-24,26H2,1-7H3,(H,44,54)(H,45,53)/t29-,33+,34?,35-,36-,38-,39+/m0/s1. The van der Waals surface area contributed by atoms with E-state index in [-0.39, 0.29) is 43.2 Å². The number of phenolic OH excluding ortho intramolecular Hbond substituents is 1. The zero-order chi connectivity index (χ0) is 42.2. The summed E-state index contributed by atoms with van der Waals surface area (Å²) < 4.78 is 6.03. The van der Waals surface area contributed by atoms with Gasteiger partial charge in [-0.2, -0.15) is 0 Å². The largest absolute Gasteiger partial charge is 0.508 e. The minimum atomic E-state index is -1.18. The number of hydrazine groups is 1. The lowest BCUT2D eigenvalue weighted by Gasteiger charge is -2.36. The highest BCUT2D eigenvalue weighted by molar-refractivity contribution is 5.93. The van der Waals surface area contributed by atoms with Crippen LogP contribution in [0.3, 0.4) is 0 Å². The summed E-state index contributed by atoms with van der Waals surface area (Å²) in [6, 6.07) is 3.13. The van der Waals surface area contributed by atoms with Crippen LogP contribution >= 0.6 is 0 Å². The summed E-state index contributed by atoms with van der Waals surface area (Å²) in [6.45, 7) is 8.73. The number of nitrogens with zero attached hydrogens (tertiary/aromatic N) is 2. The summed E-state index contributed by atoms with van der Waals surface area (Å²) in [5.74, 6) is -4.54. The van der Waals surface area contributed by atoms with Crippen LogP contribution < -0.4 is 16.1 Å². The Morgan fingerprint density at radius 1 is 1.04 bits per heavy atom. The average Bonchev–Trinajstić information content (AvgIpc) is 3.16. The number of Topliss-reactive ketones (excluding diaryl/α,β-unsaturated/α-hetero) is 1.